The van der Waals surface area contributed by atoms with Crippen LogP contribution in [0.4, 0.5) is 0 Å². The first-order valence-corrected chi connectivity index (χ1v) is 3.52. The summed E-state index contributed by atoms with van der Waals surface area (Å²) in [6, 6.07) is 3.24. The quantitative estimate of drug-likeness (QED) is 0.736. The van der Waals surface area contributed by atoms with Crippen molar-refractivity contribution in [3.8, 4) is 0 Å². The highest BCUT2D eigenvalue weighted by Gasteiger charge is 2.06. The van der Waals surface area contributed by atoms with E-state index in [-0.39, 0.29) is 12.3 Å². The van der Waals surface area contributed by atoms with E-state index in [0.717, 1.165) is 0 Å². The number of Topliss-reactive ketones (excluding diaryl/α,β-unsaturated/α-hetero) is 1. The number of hydrogen-bond donors (Lipinski definition) is 1. The Labute approximate surface area is 66.3 Å². The highest BCUT2D eigenvalue weighted by atomic mass is 79.9. The largest absolute Gasteiger partial charge is 0.446 e. The molecule has 0 unspecified atom stereocenters. The molecule has 54 valence electrons. The Hall–Kier alpha value is -0.610. The minimum Gasteiger partial charge on any atom is -0.446 e. The van der Waals surface area contributed by atoms with Gasteiger partial charge in [-0.15, -0.1) is 0 Å². The number of nitrogens with two attached hydrogens (primary N) is 1. The van der Waals surface area contributed by atoms with Crippen LogP contribution in [-0.4, -0.2) is 12.3 Å². The molecule has 1 aromatic heterocycles. The summed E-state index contributed by atoms with van der Waals surface area (Å²) in [5.41, 5.74) is 5.09. The van der Waals surface area contributed by atoms with Crippen molar-refractivity contribution < 1.29 is 9.21 Å². The third-order valence-corrected chi connectivity index (χ3v) is 1.46. The van der Waals surface area contributed by atoms with Gasteiger partial charge in [0.1, 0.15) is 0 Å². The van der Waals surface area contributed by atoms with Gasteiger partial charge >= 0.3 is 0 Å². The Morgan fingerprint density at radius 2 is 2.40 bits per heavy atom. The number of carbonyl (C=O) groups is 1. The van der Waals surface area contributed by atoms with Crippen molar-refractivity contribution >= 4 is 21.7 Å². The van der Waals surface area contributed by atoms with Gasteiger partial charge in [0.25, 0.3) is 0 Å². The molecule has 0 fully saturated rings. The lowest BCUT2D eigenvalue weighted by molar-refractivity contribution is 0.0974. The van der Waals surface area contributed by atoms with E-state index >= 15 is 0 Å². The fourth-order valence-electron chi connectivity index (χ4n) is 0.565. The molecule has 0 aliphatic rings. The number of ketones is 1. The van der Waals surface area contributed by atoms with Crippen LogP contribution >= 0.6 is 15.9 Å². The van der Waals surface area contributed by atoms with Crippen molar-refractivity contribution in [2.24, 2.45) is 5.73 Å². The third kappa shape index (κ3) is 1.46. The molecule has 0 aliphatic carbocycles. The molecule has 4 heteroatoms. The van der Waals surface area contributed by atoms with Crippen molar-refractivity contribution in [1.82, 2.24) is 0 Å². The molecule has 3 nitrogen and oxygen atoms in total. The van der Waals surface area contributed by atoms with Crippen molar-refractivity contribution in [2.45, 2.75) is 0 Å². The Balaban J connectivity index is 2.85. The third-order valence-electron chi connectivity index (χ3n) is 1.03. The maximum atomic E-state index is 10.8. The van der Waals surface area contributed by atoms with E-state index < -0.39 is 0 Å². The predicted molar refractivity (Wildman–Crippen MR) is 39.8 cm³/mol. The molecule has 2 N–H and O–H groups in total. The molecule has 0 aromatic carbocycles. The lowest BCUT2D eigenvalue weighted by Crippen LogP contribution is -2.12. The van der Waals surface area contributed by atoms with E-state index in [0.29, 0.717) is 10.4 Å². The van der Waals surface area contributed by atoms with Crippen LogP contribution in [0.5, 0.6) is 0 Å². The molecule has 1 rings (SSSR count). The number of furan rings is 1. The van der Waals surface area contributed by atoms with Gasteiger partial charge in [-0.25, -0.2) is 0 Å². The van der Waals surface area contributed by atoms with E-state index in [1.54, 1.807) is 12.1 Å². The lowest BCUT2D eigenvalue weighted by Gasteiger charge is -1.87. The van der Waals surface area contributed by atoms with Gasteiger partial charge in [0.05, 0.1) is 6.54 Å². The second kappa shape index (κ2) is 2.98. The van der Waals surface area contributed by atoms with E-state index in [4.69, 9.17) is 10.2 Å². The van der Waals surface area contributed by atoms with Crippen molar-refractivity contribution in [3.63, 3.8) is 0 Å². The molecule has 0 saturated heterocycles. The van der Waals surface area contributed by atoms with Gasteiger partial charge in [0.2, 0.25) is 5.78 Å². The maximum absolute atomic E-state index is 10.8. The number of carbonyl (C=O) groups excluding carboxylic acids is 1. The molecule has 0 amide bonds. The fourth-order valence-corrected chi connectivity index (χ4v) is 0.871. The first-order chi connectivity index (χ1) is 4.74. The second-order valence-electron chi connectivity index (χ2n) is 1.73. The van der Waals surface area contributed by atoms with E-state index in [2.05, 4.69) is 15.9 Å². The van der Waals surface area contributed by atoms with Crippen LogP contribution in [0.2, 0.25) is 0 Å². The zero-order valence-electron chi connectivity index (χ0n) is 5.13. The predicted octanol–water partition coefficient (Wildman–Crippen LogP) is 1.18. The zero-order valence-corrected chi connectivity index (χ0v) is 6.72. The standard InChI is InChI=1S/C6H6BrNO2/c7-6-2-1-5(10-6)4(9)3-8/h1-2H,3,8H2. The van der Waals surface area contributed by atoms with Crippen LogP contribution in [0.1, 0.15) is 10.6 Å². The summed E-state index contributed by atoms with van der Waals surface area (Å²) in [6.07, 6.45) is 0. The summed E-state index contributed by atoms with van der Waals surface area (Å²) in [6.45, 7) is -0.0139. The number of rotatable bonds is 2. The first kappa shape index (κ1) is 7.50. The second-order valence-corrected chi connectivity index (χ2v) is 2.51. The smallest absolute Gasteiger partial charge is 0.211 e. The SMILES string of the molecule is NCC(=O)c1ccc(Br)o1. The summed E-state index contributed by atoms with van der Waals surface area (Å²) in [4.78, 5) is 10.8. The minimum absolute atomic E-state index is 0.0139. The Kier molecular flexibility index (Phi) is 2.24. The van der Waals surface area contributed by atoms with Crippen LogP contribution < -0.4 is 5.73 Å². The first-order valence-electron chi connectivity index (χ1n) is 2.72. The maximum Gasteiger partial charge on any atom is 0.211 e. The van der Waals surface area contributed by atoms with Gasteiger partial charge in [-0.1, -0.05) is 0 Å². The van der Waals surface area contributed by atoms with Crippen LogP contribution in [0.3, 0.4) is 0 Å². The van der Waals surface area contributed by atoms with Crippen LogP contribution in [0, 0.1) is 0 Å². The van der Waals surface area contributed by atoms with Crippen LogP contribution in [-0.2, 0) is 0 Å². The van der Waals surface area contributed by atoms with Gasteiger partial charge in [-0.05, 0) is 28.1 Å². The molecule has 0 radical (unpaired) electrons. The van der Waals surface area contributed by atoms with Gasteiger partial charge in [-0.2, -0.15) is 0 Å². The molecule has 0 bridgehead atoms. The molecule has 1 aromatic rings. The van der Waals surface area contributed by atoms with Gasteiger partial charge in [0, 0.05) is 0 Å². The van der Waals surface area contributed by atoms with Crippen molar-refractivity contribution in [2.75, 3.05) is 6.54 Å². The minimum atomic E-state index is -0.189. The fraction of sp³-hybridized carbons (Fsp3) is 0.167. The summed E-state index contributed by atoms with van der Waals surface area (Å²) < 4.78 is 5.47. The Morgan fingerprint density at radius 1 is 1.70 bits per heavy atom. The normalized spacial score (nSPS) is 9.80. The molecule has 0 atom stereocenters. The van der Waals surface area contributed by atoms with Crippen LogP contribution in [0.15, 0.2) is 21.2 Å². The average molecular weight is 204 g/mol. The molecule has 0 aliphatic heterocycles. The Morgan fingerprint density at radius 3 is 2.80 bits per heavy atom. The van der Waals surface area contributed by atoms with Gasteiger partial charge in [0.15, 0.2) is 10.4 Å². The Bertz CT molecular complexity index is 244. The van der Waals surface area contributed by atoms with Gasteiger partial charge in [-0.3, -0.25) is 4.79 Å². The van der Waals surface area contributed by atoms with Crippen LogP contribution in [0.25, 0.3) is 0 Å². The number of hydrogen-bond acceptors (Lipinski definition) is 3. The topological polar surface area (TPSA) is 56.2 Å². The molecule has 0 saturated carbocycles. The molecular formula is C6H6BrNO2. The summed E-state index contributed by atoms with van der Waals surface area (Å²) in [7, 11) is 0. The average Bonchev–Trinajstić information content (AvgIpc) is 2.34. The summed E-state index contributed by atoms with van der Waals surface area (Å²) in [5.74, 6) is 0.111. The summed E-state index contributed by atoms with van der Waals surface area (Å²) in [5, 5.41) is 0. The lowest BCUT2D eigenvalue weighted by atomic mass is 10.3. The van der Waals surface area contributed by atoms with E-state index in [9.17, 15) is 4.79 Å². The monoisotopic (exact) mass is 203 g/mol. The van der Waals surface area contributed by atoms with Crippen molar-refractivity contribution in [1.29, 1.82) is 0 Å². The molecule has 10 heavy (non-hydrogen) atoms. The highest BCUT2D eigenvalue weighted by Crippen LogP contribution is 2.13. The van der Waals surface area contributed by atoms with E-state index in [1.165, 1.54) is 0 Å². The summed E-state index contributed by atoms with van der Waals surface area (Å²) >= 11 is 3.07. The van der Waals surface area contributed by atoms with E-state index in [1.807, 2.05) is 0 Å². The number of halogens is 1. The van der Waals surface area contributed by atoms with Gasteiger partial charge < -0.3 is 10.2 Å². The highest BCUT2D eigenvalue weighted by molar-refractivity contribution is 9.10. The molecule has 1 heterocycles. The van der Waals surface area contributed by atoms with Crippen molar-refractivity contribution in [3.05, 3.63) is 22.6 Å². The molecular weight excluding hydrogens is 198 g/mol. The zero-order chi connectivity index (χ0) is 7.56. The molecule has 0 spiro atoms.